The molecule has 2 heterocycles. The summed E-state index contributed by atoms with van der Waals surface area (Å²) in [5.41, 5.74) is 5.46. The molecule has 0 radical (unpaired) electrons. The molecule has 2 aliphatic rings. The first kappa shape index (κ1) is 29.5. The van der Waals surface area contributed by atoms with E-state index in [1.165, 1.54) is 4.90 Å². The van der Waals surface area contributed by atoms with E-state index in [1.54, 1.807) is 4.90 Å². The minimum Gasteiger partial charge on any atom is -0.368 e. The lowest BCUT2D eigenvalue weighted by molar-refractivity contribution is -0.141. The number of primary amides is 1. The molecule has 0 aliphatic carbocycles. The normalized spacial score (nSPS) is 20.5. The third-order valence-electron chi connectivity index (χ3n) is 7.47. The van der Waals surface area contributed by atoms with Crippen LogP contribution >= 0.6 is 0 Å². The zero-order valence-corrected chi connectivity index (χ0v) is 22.3. The van der Waals surface area contributed by atoms with Gasteiger partial charge in [-0.05, 0) is 71.8 Å². The average Bonchev–Trinajstić information content (AvgIpc) is 3.50. The Bertz CT molecular complexity index is 653. The van der Waals surface area contributed by atoms with Crippen molar-refractivity contribution in [3.63, 3.8) is 0 Å². The van der Waals surface area contributed by atoms with E-state index in [-0.39, 0.29) is 31.4 Å². The molecule has 0 aromatic heterocycles. The van der Waals surface area contributed by atoms with Gasteiger partial charge in [0.05, 0.1) is 19.6 Å². The summed E-state index contributed by atoms with van der Waals surface area (Å²) in [5.74, 6) is -0.810. The number of nitrogens with one attached hydrogen (secondary N) is 2. The van der Waals surface area contributed by atoms with Crippen molar-refractivity contribution in [1.82, 2.24) is 30.2 Å². The standard InChI is InChI=1S/C25H49N7O3/c1-4-30(5-2)17-13-27-18-24(34)32(15-10-21-8-6-12-28-21)20-25(35)31(19-23(26)33)16-11-22-9-7-14-29(22)3/h21-22,27-28H,4-20H2,1-3H3,(H2,26,33). The van der Waals surface area contributed by atoms with E-state index >= 15 is 0 Å². The van der Waals surface area contributed by atoms with Gasteiger partial charge in [0.1, 0.15) is 0 Å². The van der Waals surface area contributed by atoms with Gasteiger partial charge in [0.15, 0.2) is 0 Å². The van der Waals surface area contributed by atoms with Gasteiger partial charge in [0.2, 0.25) is 17.7 Å². The van der Waals surface area contributed by atoms with Crippen molar-refractivity contribution in [2.24, 2.45) is 5.73 Å². The molecular weight excluding hydrogens is 446 g/mol. The quantitative estimate of drug-likeness (QED) is 0.237. The van der Waals surface area contributed by atoms with E-state index in [9.17, 15) is 14.4 Å². The van der Waals surface area contributed by atoms with E-state index in [0.717, 1.165) is 77.8 Å². The molecule has 10 heteroatoms. The lowest BCUT2D eigenvalue weighted by Gasteiger charge is -2.29. The molecule has 2 rings (SSSR count). The predicted molar refractivity (Wildman–Crippen MR) is 139 cm³/mol. The highest BCUT2D eigenvalue weighted by molar-refractivity contribution is 5.88. The van der Waals surface area contributed by atoms with E-state index in [2.05, 4.69) is 41.3 Å². The van der Waals surface area contributed by atoms with Crippen LogP contribution in [-0.4, -0.2) is 128 Å². The average molecular weight is 496 g/mol. The van der Waals surface area contributed by atoms with Crippen molar-refractivity contribution in [3.05, 3.63) is 0 Å². The molecule has 10 nitrogen and oxygen atoms in total. The summed E-state index contributed by atoms with van der Waals surface area (Å²) in [6, 6.07) is 0.801. The highest BCUT2D eigenvalue weighted by Crippen LogP contribution is 2.18. The van der Waals surface area contributed by atoms with Crippen molar-refractivity contribution >= 4 is 17.7 Å². The monoisotopic (exact) mass is 495 g/mol. The van der Waals surface area contributed by atoms with Crippen molar-refractivity contribution in [3.8, 4) is 0 Å². The van der Waals surface area contributed by atoms with E-state index < -0.39 is 5.91 Å². The Morgan fingerprint density at radius 1 is 0.971 bits per heavy atom. The van der Waals surface area contributed by atoms with Crippen LogP contribution in [0.15, 0.2) is 0 Å². The topological polar surface area (TPSA) is 114 Å². The first-order valence-electron chi connectivity index (χ1n) is 13.5. The van der Waals surface area contributed by atoms with Crippen LogP contribution in [0.4, 0.5) is 0 Å². The zero-order valence-electron chi connectivity index (χ0n) is 22.3. The lowest BCUT2D eigenvalue weighted by atomic mass is 10.1. The van der Waals surface area contributed by atoms with Crippen LogP contribution in [0.2, 0.25) is 0 Å². The van der Waals surface area contributed by atoms with Gasteiger partial charge in [0, 0.05) is 38.3 Å². The fraction of sp³-hybridized carbons (Fsp3) is 0.880. The van der Waals surface area contributed by atoms with Crippen LogP contribution in [0.1, 0.15) is 52.4 Å². The molecule has 2 atom stereocenters. The second-order valence-electron chi connectivity index (χ2n) is 9.95. The van der Waals surface area contributed by atoms with E-state index in [4.69, 9.17) is 5.73 Å². The molecular formula is C25H49N7O3. The van der Waals surface area contributed by atoms with Crippen LogP contribution in [0.25, 0.3) is 0 Å². The predicted octanol–water partition coefficient (Wildman–Crippen LogP) is -0.313. The van der Waals surface area contributed by atoms with Gasteiger partial charge < -0.3 is 36.0 Å². The Labute approximate surface area is 211 Å². The summed E-state index contributed by atoms with van der Waals surface area (Å²) in [7, 11) is 2.10. The number of nitrogens with zero attached hydrogens (tertiary/aromatic N) is 4. The van der Waals surface area contributed by atoms with Crippen LogP contribution in [0, 0.1) is 0 Å². The van der Waals surface area contributed by atoms with Gasteiger partial charge in [0.25, 0.3) is 0 Å². The van der Waals surface area contributed by atoms with Crippen molar-refractivity contribution < 1.29 is 14.4 Å². The Morgan fingerprint density at radius 2 is 1.69 bits per heavy atom. The molecule has 0 aromatic carbocycles. The number of nitrogens with two attached hydrogens (primary N) is 1. The molecule has 0 spiro atoms. The van der Waals surface area contributed by atoms with Crippen LogP contribution in [0.3, 0.4) is 0 Å². The summed E-state index contributed by atoms with van der Waals surface area (Å²) in [6.45, 7) is 11.0. The Kier molecular flexibility index (Phi) is 13.5. The molecule has 3 amide bonds. The number of hydrogen-bond donors (Lipinski definition) is 3. The Hall–Kier alpha value is -1.75. The molecule has 4 N–H and O–H groups in total. The number of hydrogen-bond acceptors (Lipinski definition) is 7. The Balaban J connectivity index is 1.94. The third kappa shape index (κ3) is 10.8. The van der Waals surface area contributed by atoms with Gasteiger partial charge in [-0.1, -0.05) is 13.8 Å². The number of likely N-dealkylation sites (N-methyl/N-ethyl adjacent to an activating group) is 1. The fourth-order valence-electron chi connectivity index (χ4n) is 5.08. The van der Waals surface area contributed by atoms with Gasteiger partial charge in [-0.3, -0.25) is 14.4 Å². The highest BCUT2D eigenvalue weighted by atomic mass is 16.2. The van der Waals surface area contributed by atoms with E-state index in [0.29, 0.717) is 25.2 Å². The minimum absolute atomic E-state index is 0.0168. The number of rotatable bonds is 17. The van der Waals surface area contributed by atoms with Crippen molar-refractivity contribution in [2.75, 3.05) is 79.0 Å². The van der Waals surface area contributed by atoms with Crippen molar-refractivity contribution in [1.29, 1.82) is 0 Å². The fourth-order valence-corrected chi connectivity index (χ4v) is 5.08. The molecule has 2 unspecified atom stereocenters. The summed E-state index contributed by atoms with van der Waals surface area (Å²) in [4.78, 5) is 45.8. The van der Waals surface area contributed by atoms with Crippen LogP contribution in [-0.2, 0) is 14.4 Å². The smallest absolute Gasteiger partial charge is 0.242 e. The summed E-state index contributed by atoms with van der Waals surface area (Å²) in [6.07, 6.45) is 6.13. The maximum absolute atomic E-state index is 13.2. The number of carbonyl (C=O) groups excluding carboxylic acids is 3. The molecule has 2 fully saturated rings. The minimum atomic E-state index is -0.524. The number of likely N-dealkylation sites (tertiary alicyclic amines) is 1. The molecule has 0 saturated carbocycles. The highest BCUT2D eigenvalue weighted by Gasteiger charge is 2.26. The summed E-state index contributed by atoms with van der Waals surface area (Å²) in [5, 5.41) is 6.71. The first-order chi connectivity index (χ1) is 16.8. The second kappa shape index (κ2) is 16.1. The van der Waals surface area contributed by atoms with Gasteiger partial charge in [-0.15, -0.1) is 0 Å². The second-order valence-corrected chi connectivity index (χ2v) is 9.95. The van der Waals surface area contributed by atoms with Gasteiger partial charge in [-0.2, -0.15) is 0 Å². The lowest BCUT2D eigenvalue weighted by Crippen LogP contribution is -2.49. The summed E-state index contributed by atoms with van der Waals surface area (Å²) < 4.78 is 0. The molecule has 35 heavy (non-hydrogen) atoms. The molecule has 202 valence electrons. The van der Waals surface area contributed by atoms with Crippen LogP contribution < -0.4 is 16.4 Å². The maximum Gasteiger partial charge on any atom is 0.242 e. The Morgan fingerprint density at radius 3 is 2.29 bits per heavy atom. The van der Waals surface area contributed by atoms with Gasteiger partial charge in [-0.25, -0.2) is 0 Å². The van der Waals surface area contributed by atoms with E-state index in [1.807, 2.05) is 0 Å². The van der Waals surface area contributed by atoms with Crippen molar-refractivity contribution in [2.45, 2.75) is 64.5 Å². The van der Waals surface area contributed by atoms with Gasteiger partial charge >= 0.3 is 0 Å². The molecule has 2 saturated heterocycles. The SMILES string of the molecule is CCN(CC)CCNCC(=O)N(CCC1CCCN1)CC(=O)N(CCC1CCCN1C)CC(N)=O. The largest absolute Gasteiger partial charge is 0.368 e. The maximum atomic E-state index is 13.2. The molecule has 0 bridgehead atoms. The zero-order chi connectivity index (χ0) is 25.6. The number of amides is 3. The van der Waals surface area contributed by atoms with Crippen LogP contribution in [0.5, 0.6) is 0 Å². The molecule has 0 aromatic rings. The number of carbonyl (C=O) groups is 3. The third-order valence-corrected chi connectivity index (χ3v) is 7.47. The first-order valence-corrected chi connectivity index (χ1v) is 13.5. The molecule has 2 aliphatic heterocycles. The summed E-state index contributed by atoms with van der Waals surface area (Å²) >= 11 is 0.